The third kappa shape index (κ3) is 7.16. The van der Waals surface area contributed by atoms with Crippen LogP contribution in [-0.4, -0.2) is 55.0 Å². The summed E-state index contributed by atoms with van der Waals surface area (Å²) in [7, 11) is 0. The minimum Gasteiger partial charge on any atom is -0.381 e. The molecule has 1 atom stereocenters. The van der Waals surface area contributed by atoms with Crippen molar-refractivity contribution in [3.8, 4) is 11.3 Å². The van der Waals surface area contributed by atoms with Gasteiger partial charge in [-0.05, 0) is 87.8 Å². The van der Waals surface area contributed by atoms with Gasteiger partial charge in [0, 0.05) is 56.4 Å². The van der Waals surface area contributed by atoms with E-state index in [-0.39, 0.29) is 0 Å². The van der Waals surface area contributed by atoms with Crippen molar-refractivity contribution in [1.29, 1.82) is 0 Å². The highest BCUT2D eigenvalue weighted by atomic mass is 35.5. The molecule has 7 heteroatoms. The summed E-state index contributed by atoms with van der Waals surface area (Å²) in [6.45, 7) is 4.60. The van der Waals surface area contributed by atoms with E-state index in [4.69, 9.17) is 26.1 Å². The molecule has 2 aliphatic heterocycles. The van der Waals surface area contributed by atoms with Crippen LogP contribution in [0.25, 0.3) is 11.3 Å². The molecule has 0 amide bonds. The molecular formula is C28H39ClN4O2. The van der Waals surface area contributed by atoms with E-state index in [1.807, 2.05) is 12.1 Å². The van der Waals surface area contributed by atoms with E-state index in [1.54, 1.807) is 6.20 Å². The smallest absolute Gasteiger partial charge is 0.126 e. The molecular weight excluding hydrogens is 460 g/mol. The Morgan fingerprint density at radius 2 is 1.80 bits per heavy atom. The minimum atomic E-state index is 0.425. The molecule has 0 aromatic carbocycles. The van der Waals surface area contributed by atoms with Crippen molar-refractivity contribution in [2.75, 3.05) is 38.2 Å². The highest BCUT2D eigenvalue weighted by Gasteiger charge is 2.24. The molecule has 0 spiro atoms. The molecule has 1 aliphatic carbocycles. The van der Waals surface area contributed by atoms with Gasteiger partial charge in [-0.1, -0.05) is 17.7 Å². The van der Waals surface area contributed by atoms with E-state index in [1.165, 1.54) is 38.5 Å². The number of hydrogen-bond acceptors (Lipinski definition) is 6. The third-order valence-corrected chi connectivity index (χ3v) is 8.15. The molecule has 0 bridgehead atoms. The summed E-state index contributed by atoms with van der Waals surface area (Å²) in [4.78, 5) is 9.53. The maximum Gasteiger partial charge on any atom is 0.126 e. The second-order valence-electron chi connectivity index (χ2n) is 10.5. The summed E-state index contributed by atoms with van der Waals surface area (Å²) < 4.78 is 11.2. The van der Waals surface area contributed by atoms with Crippen LogP contribution in [0.1, 0.15) is 57.1 Å². The Hall–Kier alpha value is -1.73. The van der Waals surface area contributed by atoms with Crippen LogP contribution in [-0.2, 0) is 15.9 Å². The van der Waals surface area contributed by atoms with Gasteiger partial charge in [-0.15, -0.1) is 0 Å². The van der Waals surface area contributed by atoms with Gasteiger partial charge >= 0.3 is 0 Å². The standard InChI is InChI=1S/C28H39ClN4O2/c29-26-19-31-23(15-20-6-8-22(9-7-20)30-18-24-3-2-12-35-24)16-25(26)27-4-1-5-28(33-27)32-17-21-10-13-34-14-11-21/h1,4-5,16,19-22,24,30H,2-3,6-15,17-18H2,(H,32,33)/t20?,22?,24-/m0/s1. The zero-order valence-corrected chi connectivity index (χ0v) is 21.4. The van der Waals surface area contributed by atoms with Gasteiger partial charge in [0.2, 0.25) is 0 Å². The van der Waals surface area contributed by atoms with Crippen molar-refractivity contribution < 1.29 is 9.47 Å². The first-order valence-electron chi connectivity index (χ1n) is 13.5. The predicted octanol–water partition coefficient (Wildman–Crippen LogP) is 5.51. The average molecular weight is 499 g/mol. The highest BCUT2D eigenvalue weighted by Crippen LogP contribution is 2.31. The van der Waals surface area contributed by atoms with Gasteiger partial charge in [0.15, 0.2) is 0 Å². The fraction of sp³-hybridized carbons (Fsp3) is 0.643. The first-order valence-corrected chi connectivity index (χ1v) is 13.9. The lowest BCUT2D eigenvalue weighted by Crippen LogP contribution is -2.38. The van der Waals surface area contributed by atoms with Crippen LogP contribution in [0.3, 0.4) is 0 Å². The number of hydrogen-bond donors (Lipinski definition) is 2. The van der Waals surface area contributed by atoms with Gasteiger partial charge in [-0.2, -0.15) is 0 Å². The SMILES string of the molecule is Clc1cnc(CC2CCC(NC[C@@H]3CCCO3)CC2)cc1-c1cccc(NCC2CCOCC2)n1. The summed E-state index contributed by atoms with van der Waals surface area (Å²) in [6.07, 6.45) is 12.8. The minimum absolute atomic E-state index is 0.425. The van der Waals surface area contributed by atoms with Crippen molar-refractivity contribution >= 4 is 17.4 Å². The fourth-order valence-electron chi connectivity index (χ4n) is 5.64. The number of halogens is 1. The number of aromatic nitrogens is 2. The number of pyridine rings is 2. The Morgan fingerprint density at radius 1 is 0.943 bits per heavy atom. The monoisotopic (exact) mass is 498 g/mol. The topological polar surface area (TPSA) is 68.3 Å². The molecule has 190 valence electrons. The molecule has 3 aliphatic rings. The summed E-state index contributed by atoms with van der Waals surface area (Å²) in [5.41, 5.74) is 2.98. The van der Waals surface area contributed by atoms with Crippen LogP contribution >= 0.6 is 11.6 Å². The lowest BCUT2D eigenvalue weighted by atomic mass is 9.83. The van der Waals surface area contributed by atoms with E-state index in [0.29, 0.717) is 29.0 Å². The molecule has 5 rings (SSSR count). The number of anilines is 1. The van der Waals surface area contributed by atoms with Gasteiger partial charge in [0.1, 0.15) is 5.82 Å². The number of nitrogens with zero attached hydrogens (tertiary/aromatic N) is 2. The Morgan fingerprint density at radius 3 is 2.60 bits per heavy atom. The average Bonchev–Trinajstić information content (AvgIpc) is 3.43. The van der Waals surface area contributed by atoms with Crippen LogP contribution in [0.5, 0.6) is 0 Å². The normalized spacial score (nSPS) is 25.6. The van der Waals surface area contributed by atoms with Crippen molar-refractivity contribution in [3.05, 3.63) is 41.2 Å². The quantitative estimate of drug-likeness (QED) is 0.475. The maximum absolute atomic E-state index is 6.58. The van der Waals surface area contributed by atoms with Gasteiger partial charge in [0.05, 0.1) is 16.8 Å². The molecule has 2 saturated heterocycles. The molecule has 6 nitrogen and oxygen atoms in total. The molecule has 3 fully saturated rings. The van der Waals surface area contributed by atoms with Crippen LogP contribution in [0.15, 0.2) is 30.5 Å². The zero-order valence-electron chi connectivity index (χ0n) is 20.7. The summed E-state index contributed by atoms with van der Waals surface area (Å²) in [6, 6.07) is 8.90. The molecule has 2 aromatic heterocycles. The number of rotatable bonds is 9. The van der Waals surface area contributed by atoms with Crippen LogP contribution in [0.2, 0.25) is 5.02 Å². The number of nitrogens with one attached hydrogen (secondary N) is 2. The third-order valence-electron chi connectivity index (χ3n) is 7.85. The molecule has 0 radical (unpaired) electrons. The van der Waals surface area contributed by atoms with Crippen molar-refractivity contribution in [3.63, 3.8) is 0 Å². The van der Waals surface area contributed by atoms with Gasteiger partial charge in [-0.3, -0.25) is 4.98 Å². The molecule has 4 heterocycles. The van der Waals surface area contributed by atoms with E-state index in [0.717, 1.165) is 74.9 Å². The molecule has 35 heavy (non-hydrogen) atoms. The van der Waals surface area contributed by atoms with Crippen LogP contribution < -0.4 is 10.6 Å². The predicted molar refractivity (Wildman–Crippen MR) is 141 cm³/mol. The van der Waals surface area contributed by atoms with Crippen molar-refractivity contribution in [1.82, 2.24) is 15.3 Å². The number of ether oxygens (including phenoxy) is 2. The second kappa shape index (κ2) is 12.5. The Balaban J connectivity index is 1.15. The summed E-state index contributed by atoms with van der Waals surface area (Å²) in [5, 5.41) is 7.92. The largest absolute Gasteiger partial charge is 0.381 e. The second-order valence-corrected chi connectivity index (χ2v) is 10.9. The van der Waals surface area contributed by atoms with Crippen LogP contribution in [0.4, 0.5) is 5.82 Å². The molecule has 2 aromatic rings. The van der Waals surface area contributed by atoms with E-state index < -0.39 is 0 Å². The molecule has 0 unspecified atom stereocenters. The van der Waals surface area contributed by atoms with Gasteiger partial charge in [0.25, 0.3) is 0 Å². The first kappa shape index (κ1) is 24.9. The van der Waals surface area contributed by atoms with Gasteiger partial charge < -0.3 is 20.1 Å². The Bertz CT molecular complexity index is 938. The lowest BCUT2D eigenvalue weighted by molar-refractivity contribution is 0.0699. The summed E-state index contributed by atoms with van der Waals surface area (Å²) in [5.74, 6) is 2.22. The van der Waals surface area contributed by atoms with Crippen molar-refractivity contribution in [2.45, 2.75) is 69.9 Å². The Kier molecular flexibility index (Phi) is 8.90. The first-order chi connectivity index (χ1) is 17.2. The maximum atomic E-state index is 6.58. The van der Waals surface area contributed by atoms with Crippen LogP contribution in [0, 0.1) is 11.8 Å². The fourth-order valence-corrected chi connectivity index (χ4v) is 5.84. The van der Waals surface area contributed by atoms with E-state index >= 15 is 0 Å². The van der Waals surface area contributed by atoms with Crippen molar-refractivity contribution in [2.24, 2.45) is 11.8 Å². The highest BCUT2D eigenvalue weighted by molar-refractivity contribution is 6.33. The lowest BCUT2D eigenvalue weighted by Gasteiger charge is -2.30. The molecule has 2 N–H and O–H groups in total. The Labute approximate surface area is 214 Å². The van der Waals surface area contributed by atoms with Gasteiger partial charge in [-0.25, -0.2) is 4.98 Å². The summed E-state index contributed by atoms with van der Waals surface area (Å²) >= 11 is 6.58. The molecule has 1 saturated carbocycles. The van der Waals surface area contributed by atoms with E-state index in [9.17, 15) is 0 Å². The zero-order chi connectivity index (χ0) is 23.9. The van der Waals surface area contributed by atoms with E-state index in [2.05, 4.69) is 27.8 Å².